The molecule has 20 heavy (non-hydrogen) atoms. The Kier molecular flexibility index (Phi) is 4.73. The molecule has 0 aliphatic carbocycles. The van der Waals surface area contributed by atoms with Gasteiger partial charge >= 0.3 is 12.4 Å². The minimum atomic E-state index is -5.07. The Balaban J connectivity index is 2.61. The van der Waals surface area contributed by atoms with E-state index in [0.717, 1.165) is 6.92 Å². The molecule has 0 saturated carbocycles. The monoisotopic (exact) mass is 306 g/mol. The lowest BCUT2D eigenvalue weighted by atomic mass is 10.1. The third kappa shape index (κ3) is 4.79. The summed E-state index contributed by atoms with van der Waals surface area (Å²) < 4.78 is 80.3. The van der Waals surface area contributed by atoms with E-state index in [1.165, 1.54) is 0 Å². The second kappa shape index (κ2) is 5.77. The van der Waals surface area contributed by atoms with E-state index in [1.54, 1.807) is 0 Å². The van der Waals surface area contributed by atoms with E-state index >= 15 is 0 Å². The van der Waals surface area contributed by atoms with Gasteiger partial charge in [0.05, 0.1) is 0 Å². The van der Waals surface area contributed by atoms with Crippen molar-refractivity contribution in [2.75, 3.05) is 6.61 Å². The molecule has 0 aliphatic heterocycles. The molecule has 0 N–H and O–H groups in total. The van der Waals surface area contributed by atoms with Gasteiger partial charge in [-0.05, 0) is 6.92 Å². The maximum Gasteiger partial charge on any atom is 0.450 e. The van der Waals surface area contributed by atoms with E-state index in [2.05, 4.69) is 19.4 Å². The molecule has 1 aromatic rings. The fraction of sp³-hybridized carbons (Fsp3) is 0.667. The second-order valence-corrected chi connectivity index (χ2v) is 3.74. The van der Waals surface area contributed by atoms with Crippen LogP contribution in [0.5, 0.6) is 0 Å². The zero-order chi connectivity index (χ0) is 15.6. The van der Waals surface area contributed by atoms with Crippen LogP contribution in [0.4, 0.5) is 26.3 Å². The van der Waals surface area contributed by atoms with E-state index in [-0.39, 0.29) is 5.82 Å². The van der Waals surface area contributed by atoms with Crippen LogP contribution < -0.4 is 0 Å². The summed E-state index contributed by atoms with van der Waals surface area (Å²) in [7, 11) is 0. The normalized spacial score (nSPS) is 14.3. The molecule has 0 bridgehead atoms. The van der Waals surface area contributed by atoms with Gasteiger partial charge in [-0.25, -0.2) is 0 Å². The van der Waals surface area contributed by atoms with Gasteiger partial charge in [0.1, 0.15) is 19.1 Å². The first-order valence-electron chi connectivity index (χ1n) is 5.08. The topological polar surface area (TPSA) is 65.2 Å². The van der Waals surface area contributed by atoms with Crippen molar-refractivity contribution in [2.24, 2.45) is 0 Å². The third-order valence-corrected chi connectivity index (χ3v) is 2.02. The summed E-state index contributed by atoms with van der Waals surface area (Å²) in [6, 6.07) is 0. The molecule has 0 saturated heterocycles. The molecule has 0 aliphatic rings. The number of alkyl halides is 6. The third-order valence-electron chi connectivity index (χ3n) is 2.02. The van der Waals surface area contributed by atoms with Crippen molar-refractivity contribution in [2.45, 2.75) is 31.8 Å². The Morgan fingerprint density at radius 1 is 1.30 bits per heavy atom. The molecule has 0 radical (unpaired) electrons. The molecular formula is C9H8F6N2O3. The van der Waals surface area contributed by atoms with Crippen LogP contribution in [0, 0.1) is 0 Å². The number of nitrogens with zero attached hydrogens (tertiary/aromatic N) is 2. The Hall–Kier alpha value is -1.65. The van der Waals surface area contributed by atoms with E-state index in [4.69, 9.17) is 0 Å². The van der Waals surface area contributed by atoms with Gasteiger partial charge in [0.2, 0.25) is 11.7 Å². The van der Waals surface area contributed by atoms with Crippen molar-refractivity contribution in [3.8, 4) is 0 Å². The van der Waals surface area contributed by atoms with Gasteiger partial charge in [-0.1, -0.05) is 5.16 Å². The van der Waals surface area contributed by atoms with Gasteiger partial charge < -0.3 is 9.26 Å². The Morgan fingerprint density at radius 2 is 1.90 bits per heavy atom. The van der Waals surface area contributed by atoms with Gasteiger partial charge in [0.15, 0.2) is 5.82 Å². The van der Waals surface area contributed by atoms with Crippen LogP contribution in [0.1, 0.15) is 24.6 Å². The summed E-state index contributed by atoms with van der Waals surface area (Å²) in [6.45, 7) is -1.37. The summed E-state index contributed by atoms with van der Waals surface area (Å²) in [4.78, 5) is 14.3. The summed E-state index contributed by atoms with van der Waals surface area (Å²) in [5, 5.41) is 3.12. The average molecular weight is 306 g/mol. The number of rotatable bonds is 5. The summed E-state index contributed by atoms with van der Waals surface area (Å²) >= 11 is 0. The molecule has 0 spiro atoms. The highest BCUT2D eigenvalue weighted by Gasteiger charge is 2.44. The smallest absolute Gasteiger partial charge is 0.364 e. The first-order chi connectivity index (χ1) is 9.00. The fourth-order valence-corrected chi connectivity index (χ4v) is 1.12. The first-order valence-corrected chi connectivity index (χ1v) is 5.08. The van der Waals surface area contributed by atoms with Gasteiger partial charge in [0, 0.05) is 0 Å². The number of carbonyl (C=O) groups excluding carboxylic acids is 1. The minimum absolute atomic E-state index is 0.383. The van der Waals surface area contributed by atoms with E-state index in [1.807, 2.05) is 0 Å². The van der Waals surface area contributed by atoms with Crippen molar-refractivity contribution < 1.29 is 40.4 Å². The average Bonchev–Trinajstić information content (AvgIpc) is 2.72. The van der Waals surface area contributed by atoms with Gasteiger partial charge in [0.25, 0.3) is 0 Å². The zero-order valence-corrected chi connectivity index (χ0v) is 9.88. The summed E-state index contributed by atoms with van der Waals surface area (Å²) in [6.07, 6.45) is -9.62. The van der Waals surface area contributed by atoms with Crippen molar-refractivity contribution in [1.29, 1.82) is 0 Å². The highest BCUT2D eigenvalue weighted by molar-refractivity contribution is 5.89. The van der Waals surface area contributed by atoms with E-state index < -0.39 is 43.2 Å². The quantitative estimate of drug-likeness (QED) is 0.781. The minimum Gasteiger partial charge on any atom is -0.364 e. The molecule has 0 aromatic carbocycles. The van der Waals surface area contributed by atoms with Crippen LogP contribution in [0.25, 0.3) is 0 Å². The van der Waals surface area contributed by atoms with Crippen molar-refractivity contribution in [3.05, 3.63) is 11.7 Å². The van der Waals surface area contributed by atoms with E-state index in [9.17, 15) is 31.1 Å². The molecule has 11 heteroatoms. The number of hydrogen-bond acceptors (Lipinski definition) is 5. The van der Waals surface area contributed by atoms with Gasteiger partial charge in [-0.3, -0.25) is 4.79 Å². The number of ether oxygens (including phenoxy) is 1. The predicted molar refractivity (Wildman–Crippen MR) is 49.5 cm³/mol. The van der Waals surface area contributed by atoms with Crippen LogP contribution >= 0.6 is 0 Å². The molecule has 5 nitrogen and oxygen atoms in total. The zero-order valence-electron chi connectivity index (χ0n) is 9.88. The molecule has 1 unspecified atom stereocenters. The molecular weight excluding hydrogens is 298 g/mol. The largest absolute Gasteiger partial charge is 0.450 e. The number of aromatic nitrogens is 2. The maximum absolute atomic E-state index is 12.1. The molecule has 1 heterocycles. The van der Waals surface area contributed by atoms with Crippen molar-refractivity contribution in [1.82, 2.24) is 10.1 Å². The van der Waals surface area contributed by atoms with Crippen LogP contribution in [0.15, 0.2) is 4.52 Å². The number of halogens is 6. The Labute approximate surface area is 107 Å². The van der Waals surface area contributed by atoms with Crippen LogP contribution in [-0.2, 0) is 16.1 Å². The molecule has 1 atom stereocenters. The predicted octanol–water partition coefficient (Wildman–Crippen LogP) is 2.38. The molecule has 1 aromatic heterocycles. The molecule has 0 amide bonds. The van der Waals surface area contributed by atoms with Gasteiger partial charge in [-0.15, -0.1) is 0 Å². The number of ketones is 1. The van der Waals surface area contributed by atoms with Crippen LogP contribution in [0.3, 0.4) is 0 Å². The number of carbonyl (C=O) groups is 1. The van der Waals surface area contributed by atoms with Crippen molar-refractivity contribution >= 4 is 5.78 Å². The molecule has 1 rings (SSSR count). The van der Waals surface area contributed by atoms with E-state index in [0.29, 0.717) is 0 Å². The lowest BCUT2D eigenvalue weighted by molar-refractivity contribution is -0.177. The highest BCUT2D eigenvalue weighted by atomic mass is 19.4. The second-order valence-electron chi connectivity index (χ2n) is 3.74. The van der Waals surface area contributed by atoms with Crippen LogP contribution in [-0.4, -0.2) is 34.9 Å². The van der Waals surface area contributed by atoms with Gasteiger partial charge in [-0.2, -0.15) is 31.3 Å². The number of hydrogen-bond donors (Lipinski definition) is 0. The fourth-order valence-electron chi connectivity index (χ4n) is 1.12. The highest BCUT2D eigenvalue weighted by Crippen LogP contribution is 2.26. The van der Waals surface area contributed by atoms with Crippen molar-refractivity contribution in [3.63, 3.8) is 0 Å². The summed E-state index contributed by atoms with van der Waals surface area (Å²) in [5.41, 5.74) is 0. The number of Topliss-reactive ketones (excluding diaryl/α,β-unsaturated/α-hetero) is 1. The maximum atomic E-state index is 12.1. The summed E-state index contributed by atoms with van der Waals surface area (Å²) in [5.74, 6) is -4.85. The standard InChI is InChI=1S/C9H8F6N2O3/c1-4(6(18)9(13,14)15)7-16-5(17-20-7)2-19-3-8(10,11)12/h4H,2-3H2,1H3. The lowest BCUT2D eigenvalue weighted by Gasteiger charge is -2.08. The van der Waals surface area contributed by atoms with Crippen LogP contribution in [0.2, 0.25) is 0 Å². The Morgan fingerprint density at radius 3 is 2.40 bits per heavy atom. The molecule has 114 valence electrons. The SMILES string of the molecule is CC(C(=O)C(F)(F)F)c1nc(COCC(F)(F)F)no1. The Bertz CT molecular complexity index is 467. The molecule has 0 fully saturated rings. The lowest BCUT2D eigenvalue weighted by Crippen LogP contribution is -2.27. The first kappa shape index (κ1) is 16.4.